The van der Waals surface area contributed by atoms with Crippen LogP contribution in [-0.2, 0) is 29.7 Å². The van der Waals surface area contributed by atoms with E-state index in [1.807, 2.05) is 0 Å². The number of benzene rings is 2. The molecule has 2 aromatic rings. The van der Waals surface area contributed by atoms with Crippen LogP contribution in [0.5, 0.6) is 0 Å². The summed E-state index contributed by atoms with van der Waals surface area (Å²) in [5.74, 6) is 2.93. The van der Waals surface area contributed by atoms with Crippen molar-refractivity contribution in [3.63, 3.8) is 0 Å². The molecule has 6 rings (SSSR count). The first kappa shape index (κ1) is 33.8. The Morgan fingerprint density at radius 1 is 0.674 bits per heavy atom. The summed E-state index contributed by atoms with van der Waals surface area (Å²) in [5, 5.41) is 0. The van der Waals surface area contributed by atoms with Gasteiger partial charge >= 0.3 is 37.9 Å². The van der Waals surface area contributed by atoms with Crippen molar-refractivity contribution in [2.45, 2.75) is 120 Å². The van der Waals surface area contributed by atoms with Crippen molar-refractivity contribution in [3.8, 4) is 0 Å². The molecule has 0 bridgehead atoms. The Kier molecular flexibility index (Phi) is 12.0. The van der Waals surface area contributed by atoms with Gasteiger partial charge in [-0.05, 0) is 91.8 Å². The van der Waals surface area contributed by atoms with E-state index in [9.17, 15) is 0 Å². The van der Waals surface area contributed by atoms with Gasteiger partial charge in [0.15, 0.2) is 0 Å². The second-order valence-corrected chi connectivity index (χ2v) is 26.2. The molecule has 7 heteroatoms. The standard InChI is InChI=1S/C36H49O2Si2.2ClH.Zr/c1-39(2,29-17-7-5-8-18-29)37-35-25-27-15-11-13-21-31(27)33(35)23-24-34-32-22-14-12-16-28(32)26-36(34)38-40(3,4)30-19-9-6-10-20-30;;;/h11-16,21-23,25-26,29-30,33-34H,5-10,17-20,24H2,1-4H3;2*1H;/q-1;;;+2/p-2. The zero-order valence-electron chi connectivity index (χ0n) is 26.5. The van der Waals surface area contributed by atoms with E-state index in [1.165, 1.54) is 98.0 Å². The van der Waals surface area contributed by atoms with Gasteiger partial charge in [-0.15, -0.1) is 0 Å². The Labute approximate surface area is 281 Å². The summed E-state index contributed by atoms with van der Waals surface area (Å²) in [6, 6.07) is 17.9. The summed E-state index contributed by atoms with van der Waals surface area (Å²) in [4.78, 5) is 0. The SMILES string of the molecule is C[Si](C)(OC1=Cc2ccccc2C1[CH-]CC1C(O[Si](C)(C)C2CCCCC2)=Cc2ccccc21)C1CCCCC1.[Cl][Zr][Cl]. The molecule has 0 spiro atoms. The van der Waals surface area contributed by atoms with Crippen molar-refractivity contribution >= 4 is 45.8 Å². The van der Waals surface area contributed by atoms with Gasteiger partial charge in [-0.2, -0.15) is 6.42 Å². The molecular weight excluding hydrogens is 683 g/mol. The number of hydrogen-bond acceptors (Lipinski definition) is 2. The van der Waals surface area contributed by atoms with Crippen molar-refractivity contribution in [3.05, 3.63) is 88.7 Å². The molecule has 4 aliphatic carbocycles. The topological polar surface area (TPSA) is 18.5 Å². The van der Waals surface area contributed by atoms with Gasteiger partial charge in [-0.1, -0.05) is 98.5 Å². The quantitative estimate of drug-likeness (QED) is 0.189. The maximum atomic E-state index is 7.15. The van der Waals surface area contributed by atoms with Gasteiger partial charge in [-0.3, -0.25) is 0 Å². The van der Waals surface area contributed by atoms with Crippen molar-refractivity contribution < 1.29 is 29.7 Å². The maximum absolute atomic E-state index is 7.15. The molecule has 2 aromatic carbocycles. The van der Waals surface area contributed by atoms with Crippen LogP contribution in [0.2, 0.25) is 37.3 Å². The predicted molar refractivity (Wildman–Crippen MR) is 186 cm³/mol. The Morgan fingerprint density at radius 2 is 1.12 bits per heavy atom. The number of halogens is 2. The average molecular weight is 732 g/mol. The molecule has 2 atom stereocenters. The first-order valence-electron chi connectivity index (χ1n) is 16.5. The minimum atomic E-state index is -1.85. The number of fused-ring (bicyclic) bond motifs is 2. The fraction of sp³-hybridized carbons (Fsp3) is 0.528. The predicted octanol–water partition coefficient (Wildman–Crippen LogP) is 12.3. The first-order chi connectivity index (χ1) is 20.7. The molecule has 0 amide bonds. The van der Waals surface area contributed by atoms with E-state index >= 15 is 0 Å². The fourth-order valence-corrected chi connectivity index (χ4v) is 13.5. The van der Waals surface area contributed by atoms with E-state index in [1.54, 1.807) is 0 Å². The molecule has 0 saturated heterocycles. The monoisotopic (exact) mass is 729 g/mol. The van der Waals surface area contributed by atoms with E-state index in [0.29, 0.717) is 5.92 Å². The molecule has 0 aromatic heterocycles. The molecule has 43 heavy (non-hydrogen) atoms. The van der Waals surface area contributed by atoms with Gasteiger partial charge < -0.3 is 15.3 Å². The van der Waals surface area contributed by atoms with Crippen molar-refractivity contribution in [2.24, 2.45) is 0 Å². The molecule has 0 aliphatic heterocycles. The second-order valence-electron chi connectivity index (χ2n) is 14.0. The summed E-state index contributed by atoms with van der Waals surface area (Å²) in [6.07, 6.45) is 21.9. The zero-order chi connectivity index (χ0) is 30.5. The summed E-state index contributed by atoms with van der Waals surface area (Å²) in [7, 11) is 6.17. The van der Waals surface area contributed by atoms with Crippen LogP contribution in [0.15, 0.2) is 60.0 Å². The van der Waals surface area contributed by atoms with E-state index < -0.39 is 37.5 Å². The Bertz CT molecular complexity index is 1180. The van der Waals surface area contributed by atoms with Gasteiger partial charge in [-0.25, -0.2) is 0 Å². The van der Waals surface area contributed by atoms with E-state index in [4.69, 9.17) is 25.9 Å². The Balaban J connectivity index is 0.00000118. The van der Waals surface area contributed by atoms with Gasteiger partial charge in [0.1, 0.15) is 0 Å². The molecule has 0 radical (unpaired) electrons. The van der Waals surface area contributed by atoms with Crippen LogP contribution < -0.4 is 0 Å². The van der Waals surface area contributed by atoms with E-state index in [-0.39, 0.29) is 5.92 Å². The van der Waals surface area contributed by atoms with Gasteiger partial charge in [0.2, 0.25) is 16.6 Å². The van der Waals surface area contributed by atoms with Crippen LogP contribution in [0.25, 0.3) is 12.2 Å². The van der Waals surface area contributed by atoms with Crippen molar-refractivity contribution in [2.75, 3.05) is 0 Å². The van der Waals surface area contributed by atoms with Crippen LogP contribution in [0, 0.1) is 6.42 Å². The molecule has 2 unspecified atom stereocenters. The van der Waals surface area contributed by atoms with Crippen molar-refractivity contribution in [1.29, 1.82) is 0 Å². The van der Waals surface area contributed by atoms with Gasteiger partial charge in [0.05, 0.1) is 11.5 Å². The Morgan fingerprint density at radius 3 is 1.67 bits per heavy atom. The molecule has 232 valence electrons. The van der Waals surface area contributed by atoms with Crippen LogP contribution in [0.4, 0.5) is 0 Å². The van der Waals surface area contributed by atoms with Crippen LogP contribution in [0.3, 0.4) is 0 Å². The number of rotatable bonds is 9. The molecule has 0 heterocycles. The molecule has 2 nitrogen and oxygen atoms in total. The van der Waals surface area contributed by atoms with Crippen LogP contribution >= 0.6 is 17.0 Å². The van der Waals surface area contributed by atoms with E-state index in [2.05, 4.69) is 93.3 Å². The molecule has 0 N–H and O–H groups in total. The van der Waals surface area contributed by atoms with Gasteiger partial charge in [0.25, 0.3) is 0 Å². The van der Waals surface area contributed by atoms with Crippen LogP contribution in [-0.4, -0.2) is 16.6 Å². The molecule has 2 saturated carbocycles. The molecule has 4 aliphatic rings. The minimum absolute atomic E-state index is 0.226. The normalized spacial score (nSPS) is 22.5. The first-order valence-corrected chi connectivity index (χ1v) is 28.8. The fourth-order valence-electron chi connectivity index (χ4n) is 8.01. The molecular formula is C36H49Cl2O2Si2Zr-. The van der Waals surface area contributed by atoms with Crippen LogP contribution in [0.1, 0.15) is 105 Å². The summed E-state index contributed by atoms with van der Waals surface area (Å²) >= 11 is -0.826. The average Bonchev–Trinajstić information content (AvgIpc) is 3.53. The van der Waals surface area contributed by atoms with E-state index in [0.717, 1.165) is 17.5 Å². The number of hydrogen-bond donors (Lipinski definition) is 0. The zero-order valence-corrected chi connectivity index (χ0v) is 32.5. The van der Waals surface area contributed by atoms with Gasteiger partial charge in [0, 0.05) is 5.92 Å². The van der Waals surface area contributed by atoms with Crippen molar-refractivity contribution in [1.82, 2.24) is 0 Å². The molecule has 2 fully saturated rings. The summed E-state index contributed by atoms with van der Waals surface area (Å²) in [5.41, 5.74) is 7.04. The summed E-state index contributed by atoms with van der Waals surface area (Å²) in [6.45, 7) is 9.86. The summed E-state index contributed by atoms with van der Waals surface area (Å²) < 4.78 is 14.3. The third-order valence-electron chi connectivity index (χ3n) is 10.5. The number of allylic oxidation sites excluding steroid dienone is 2. The second kappa shape index (κ2) is 15.3. The third kappa shape index (κ3) is 8.23. The third-order valence-corrected chi connectivity index (χ3v) is 17.1. The Hall–Kier alpha value is -0.583.